The molecule has 0 aliphatic carbocycles. The summed E-state index contributed by atoms with van der Waals surface area (Å²) in [6.45, 7) is 6.63. The summed E-state index contributed by atoms with van der Waals surface area (Å²) in [5.41, 5.74) is 0.616. The second kappa shape index (κ2) is 7.29. The van der Waals surface area contributed by atoms with Crippen molar-refractivity contribution in [2.45, 2.75) is 32.7 Å². The number of piperidine rings is 1. The van der Waals surface area contributed by atoms with Gasteiger partial charge in [0.05, 0.1) is 12.2 Å². The zero-order valence-electron chi connectivity index (χ0n) is 12.3. The summed E-state index contributed by atoms with van der Waals surface area (Å²) in [4.78, 5) is 12.4. The molecule has 4 nitrogen and oxygen atoms in total. The summed E-state index contributed by atoms with van der Waals surface area (Å²) in [5, 5.41) is 6.49. The lowest BCUT2D eigenvalue weighted by Gasteiger charge is -2.29. The summed E-state index contributed by atoms with van der Waals surface area (Å²) in [7, 11) is 0. The Balaban J connectivity index is 2.00. The average Bonchev–Trinajstić information content (AvgIpc) is 2.49. The Kier molecular flexibility index (Phi) is 5.41. The predicted molar refractivity (Wildman–Crippen MR) is 80.1 cm³/mol. The Morgan fingerprint density at radius 2 is 2.30 bits per heavy atom. The number of amides is 1. The number of hydrogen-bond donors (Lipinski definition) is 2. The van der Waals surface area contributed by atoms with E-state index in [4.69, 9.17) is 4.74 Å². The smallest absolute Gasteiger partial charge is 0.255 e. The molecule has 0 saturated carbocycles. The van der Waals surface area contributed by atoms with Crippen molar-refractivity contribution in [3.05, 3.63) is 29.8 Å². The fourth-order valence-electron chi connectivity index (χ4n) is 2.64. The first-order valence-corrected chi connectivity index (χ1v) is 7.45. The summed E-state index contributed by atoms with van der Waals surface area (Å²) in [6.07, 6.45) is 2.35. The molecule has 2 unspecified atom stereocenters. The van der Waals surface area contributed by atoms with Crippen LogP contribution in [-0.2, 0) is 0 Å². The van der Waals surface area contributed by atoms with Crippen molar-refractivity contribution in [1.82, 2.24) is 10.6 Å². The van der Waals surface area contributed by atoms with E-state index in [2.05, 4.69) is 17.6 Å². The number of carbonyl (C=O) groups excluding carboxylic acids is 1. The molecule has 2 atom stereocenters. The third kappa shape index (κ3) is 3.73. The van der Waals surface area contributed by atoms with Crippen LogP contribution in [0, 0.1) is 5.92 Å². The molecule has 2 rings (SSSR count). The van der Waals surface area contributed by atoms with Crippen LogP contribution in [0.3, 0.4) is 0 Å². The molecule has 0 spiro atoms. The zero-order chi connectivity index (χ0) is 14.4. The van der Waals surface area contributed by atoms with Gasteiger partial charge in [-0.15, -0.1) is 0 Å². The van der Waals surface area contributed by atoms with Crippen molar-refractivity contribution in [3.63, 3.8) is 0 Å². The van der Waals surface area contributed by atoms with Gasteiger partial charge in [-0.25, -0.2) is 0 Å². The second-order valence-corrected chi connectivity index (χ2v) is 5.30. The molecule has 110 valence electrons. The standard InChI is InChI=1S/C16H24N2O2/c1-3-20-15-9-5-4-8-14(15)16(19)18-12(2)13-7-6-10-17-11-13/h4-5,8-9,12-13,17H,3,6-7,10-11H2,1-2H3,(H,18,19). The molecule has 1 amide bonds. The third-order valence-corrected chi connectivity index (χ3v) is 3.83. The van der Waals surface area contributed by atoms with E-state index in [-0.39, 0.29) is 11.9 Å². The van der Waals surface area contributed by atoms with E-state index in [0.29, 0.717) is 23.8 Å². The van der Waals surface area contributed by atoms with Crippen molar-refractivity contribution in [1.29, 1.82) is 0 Å². The van der Waals surface area contributed by atoms with Crippen LogP contribution in [0.2, 0.25) is 0 Å². The van der Waals surface area contributed by atoms with Crippen LogP contribution in [0.4, 0.5) is 0 Å². The van der Waals surface area contributed by atoms with Gasteiger partial charge in [-0.2, -0.15) is 0 Å². The van der Waals surface area contributed by atoms with Crippen LogP contribution < -0.4 is 15.4 Å². The van der Waals surface area contributed by atoms with Crippen LogP contribution in [0.1, 0.15) is 37.0 Å². The van der Waals surface area contributed by atoms with Crippen LogP contribution in [0.5, 0.6) is 5.75 Å². The molecule has 1 saturated heterocycles. The van der Waals surface area contributed by atoms with Crippen molar-refractivity contribution in [2.75, 3.05) is 19.7 Å². The van der Waals surface area contributed by atoms with Gasteiger partial charge in [0.2, 0.25) is 0 Å². The van der Waals surface area contributed by atoms with Gasteiger partial charge in [-0.3, -0.25) is 4.79 Å². The number of benzene rings is 1. The molecule has 4 heteroatoms. The third-order valence-electron chi connectivity index (χ3n) is 3.83. The highest BCUT2D eigenvalue weighted by Gasteiger charge is 2.22. The van der Waals surface area contributed by atoms with Crippen molar-refractivity contribution in [2.24, 2.45) is 5.92 Å². The van der Waals surface area contributed by atoms with Crippen LogP contribution in [0.25, 0.3) is 0 Å². The predicted octanol–water partition coefficient (Wildman–Crippen LogP) is 2.20. The highest BCUT2D eigenvalue weighted by Crippen LogP contribution is 2.19. The Morgan fingerprint density at radius 1 is 1.50 bits per heavy atom. The second-order valence-electron chi connectivity index (χ2n) is 5.30. The minimum absolute atomic E-state index is 0.0490. The number of hydrogen-bond acceptors (Lipinski definition) is 3. The molecule has 1 aromatic rings. The summed E-state index contributed by atoms with van der Waals surface area (Å²) in [6, 6.07) is 7.57. The lowest BCUT2D eigenvalue weighted by Crippen LogP contribution is -2.44. The molecule has 20 heavy (non-hydrogen) atoms. The topological polar surface area (TPSA) is 50.4 Å². The molecule has 0 radical (unpaired) electrons. The van der Waals surface area contributed by atoms with Crippen molar-refractivity contribution >= 4 is 5.91 Å². The fourth-order valence-corrected chi connectivity index (χ4v) is 2.64. The maximum atomic E-state index is 12.4. The molecular weight excluding hydrogens is 252 g/mol. The number of rotatable bonds is 5. The number of nitrogens with one attached hydrogen (secondary N) is 2. The van der Waals surface area contributed by atoms with E-state index in [9.17, 15) is 4.79 Å². The molecular formula is C16H24N2O2. The van der Waals surface area contributed by atoms with E-state index in [1.54, 1.807) is 0 Å². The number of ether oxygens (including phenoxy) is 1. The summed E-state index contributed by atoms with van der Waals surface area (Å²) < 4.78 is 5.51. The average molecular weight is 276 g/mol. The largest absolute Gasteiger partial charge is 0.493 e. The highest BCUT2D eigenvalue weighted by molar-refractivity contribution is 5.97. The van der Waals surface area contributed by atoms with E-state index in [0.717, 1.165) is 13.1 Å². The molecule has 1 aromatic carbocycles. The Hall–Kier alpha value is -1.55. The minimum atomic E-state index is -0.0490. The SMILES string of the molecule is CCOc1ccccc1C(=O)NC(C)C1CCCNC1. The van der Waals surface area contributed by atoms with Crippen LogP contribution in [0.15, 0.2) is 24.3 Å². The van der Waals surface area contributed by atoms with E-state index in [1.807, 2.05) is 31.2 Å². The van der Waals surface area contributed by atoms with Gasteiger partial charge in [-0.1, -0.05) is 12.1 Å². The maximum absolute atomic E-state index is 12.4. The van der Waals surface area contributed by atoms with Crippen molar-refractivity contribution < 1.29 is 9.53 Å². The van der Waals surface area contributed by atoms with Gasteiger partial charge in [0.15, 0.2) is 0 Å². The van der Waals surface area contributed by atoms with E-state index in [1.165, 1.54) is 12.8 Å². The van der Waals surface area contributed by atoms with Crippen LogP contribution >= 0.6 is 0 Å². The Bertz CT molecular complexity index is 442. The van der Waals surface area contributed by atoms with Gasteiger partial charge >= 0.3 is 0 Å². The first-order valence-electron chi connectivity index (χ1n) is 7.45. The molecule has 1 heterocycles. The summed E-state index contributed by atoms with van der Waals surface area (Å²) >= 11 is 0. The lowest BCUT2D eigenvalue weighted by molar-refractivity contribution is 0.0918. The van der Waals surface area contributed by atoms with Gasteiger partial charge < -0.3 is 15.4 Å². The van der Waals surface area contributed by atoms with Gasteiger partial charge in [0, 0.05) is 6.04 Å². The van der Waals surface area contributed by atoms with Gasteiger partial charge in [-0.05, 0) is 57.8 Å². The first-order chi connectivity index (χ1) is 9.72. The molecule has 1 aliphatic rings. The van der Waals surface area contributed by atoms with E-state index >= 15 is 0 Å². The molecule has 0 bridgehead atoms. The highest BCUT2D eigenvalue weighted by atomic mass is 16.5. The van der Waals surface area contributed by atoms with Crippen molar-refractivity contribution in [3.8, 4) is 5.75 Å². The molecule has 2 N–H and O–H groups in total. The molecule has 1 aliphatic heterocycles. The summed E-state index contributed by atoms with van der Waals surface area (Å²) in [5.74, 6) is 1.11. The van der Waals surface area contributed by atoms with Gasteiger partial charge in [0.1, 0.15) is 5.75 Å². The molecule has 0 aromatic heterocycles. The fraction of sp³-hybridized carbons (Fsp3) is 0.562. The lowest BCUT2D eigenvalue weighted by atomic mass is 9.92. The van der Waals surface area contributed by atoms with Gasteiger partial charge in [0.25, 0.3) is 5.91 Å². The normalized spacial score (nSPS) is 20.2. The monoisotopic (exact) mass is 276 g/mol. The molecule has 1 fully saturated rings. The zero-order valence-corrected chi connectivity index (χ0v) is 12.3. The number of carbonyl (C=O) groups is 1. The Morgan fingerprint density at radius 3 is 3.00 bits per heavy atom. The Labute approximate surface area is 120 Å². The quantitative estimate of drug-likeness (QED) is 0.867. The van der Waals surface area contributed by atoms with Crippen LogP contribution in [-0.4, -0.2) is 31.6 Å². The number of para-hydroxylation sites is 1. The first kappa shape index (κ1) is 14.9. The minimum Gasteiger partial charge on any atom is -0.493 e. The maximum Gasteiger partial charge on any atom is 0.255 e. The van der Waals surface area contributed by atoms with E-state index < -0.39 is 0 Å².